The molecule has 0 unspecified atom stereocenters. The third-order valence-corrected chi connectivity index (χ3v) is 3.58. The maximum absolute atomic E-state index is 12.6. The van der Waals surface area contributed by atoms with Gasteiger partial charge in [-0.1, -0.05) is 24.3 Å². The number of nitriles is 1. The highest BCUT2D eigenvalue weighted by Gasteiger charge is 2.29. The van der Waals surface area contributed by atoms with E-state index in [4.69, 9.17) is 16.4 Å². The van der Waals surface area contributed by atoms with E-state index in [1.54, 1.807) is 36.4 Å². The van der Waals surface area contributed by atoms with Crippen molar-refractivity contribution in [2.45, 2.75) is 0 Å². The number of amidine groups is 1. The van der Waals surface area contributed by atoms with E-state index in [1.807, 2.05) is 0 Å². The number of hydrazone groups is 1. The Balaban J connectivity index is 2.00. The summed E-state index contributed by atoms with van der Waals surface area (Å²) < 4.78 is 0. The molecule has 116 valence electrons. The number of carbonyl (C=O) groups is 2. The van der Waals surface area contributed by atoms with Gasteiger partial charge in [-0.05, 0) is 18.2 Å². The second-order valence-corrected chi connectivity index (χ2v) is 5.06. The zero-order valence-corrected chi connectivity index (χ0v) is 12.3. The first-order valence-corrected chi connectivity index (χ1v) is 6.93. The molecule has 0 heterocycles. The van der Waals surface area contributed by atoms with Gasteiger partial charge >= 0.3 is 0 Å². The number of anilines is 1. The molecule has 2 aromatic rings. The molecule has 2 aromatic carbocycles. The Kier molecular flexibility index (Phi) is 3.64. The molecule has 0 amide bonds. The molecule has 1 aliphatic carbocycles. The number of fused-ring (bicyclic) bond motifs is 2. The van der Waals surface area contributed by atoms with Crippen molar-refractivity contribution < 1.29 is 9.59 Å². The van der Waals surface area contributed by atoms with Crippen LogP contribution in [0.5, 0.6) is 0 Å². The topological polar surface area (TPSA) is 132 Å². The first-order chi connectivity index (χ1) is 11.5. The fourth-order valence-electron chi connectivity index (χ4n) is 2.43. The van der Waals surface area contributed by atoms with Crippen LogP contribution in [0.2, 0.25) is 0 Å². The van der Waals surface area contributed by atoms with Gasteiger partial charge in [-0.25, -0.2) is 0 Å². The summed E-state index contributed by atoms with van der Waals surface area (Å²) in [6.07, 6.45) is 0. The predicted octanol–water partition coefficient (Wildman–Crippen LogP) is 1.69. The third-order valence-electron chi connectivity index (χ3n) is 3.58. The lowest BCUT2D eigenvalue weighted by Gasteiger charge is -2.17. The van der Waals surface area contributed by atoms with E-state index in [1.165, 1.54) is 12.1 Å². The van der Waals surface area contributed by atoms with Gasteiger partial charge in [0.15, 0.2) is 17.4 Å². The molecule has 0 aliphatic heterocycles. The predicted molar refractivity (Wildman–Crippen MR) is 88.3 cm³/mol. The molecule has 0 saturated carbocycles. The van der Waals surface area contributed by atoms with Crippen LogP contribution in [0.25, 0.3) is 0 Å². The molecule has 0 saturated heterocycles. The molecule has 0 fully saturated rings. The van der Waals surface area contributed by atoms with E-state index in [9.17, 15) is 9.59 Å². The van der Waals surface area contributed by atoms with Crippen molar-refractivity contribution in [1.82, 2.24) is 0 Å². The van der Waals surface area contributed by atoms with Crippen molar-refractivity contribution in [1.29, 1.82) is 10.7 Å². The minimum atomic E-state index is -0.469. The number of rotatable bonds is 3. The average Bonchev–Trinajstić information content (AvgIpc) is 2.60. The van der Waals surface area contributed by atoms with Crippen molar-refractivity contribution in [3.8, 4) is 6.07 Å². The summed E-state index contributed by atoms with van der Waals surface area (Å²) in [5, 5.41) is 19.7. The number of nitrogens with zero attached hydrogens (tertiary/aromatic N) is 2. The Morgan fingerprint density at radius 3 is 2.21 bits per heavy atom. The molecular weight excluding hydrogens is 306 g/mol. The monoisotopic (exact) mass is 317 g/mol. The normalized spacial score (nSPS) is 12.9. The molecule has 24 heavy (non-hydrogen) atoms. The quantitative estimate of drug-likeness (QED) is 0.384. The van der Waals surface area contributed by atoms with E-state index in [-0.39, 0.29) is 22.8 Å². The molecule has 0 spiro atoms. The lowest BCUT2D eigenvalue weighted by atomic mass is 9.84. The van der Waals surface area contributed by atoms with Crippen LogP contribution in [0.4, 0.5) is 5.69 Å². The van der Waals surface area contributed by atoms with Crippen LogP contribution < -0.4 is 11.2 Å². The van der Waals surface area contributed by atoms with Gasteiger partial charge in [0.2, 0.25) is 5.71 Å². The Morgan fingerprint density at radius 1 is 1.04 bits per heavy atom. The Bertz CT molecular complexity index is 969. The number of hydrogen-bond donors (Lipinski definition) is 3. The molecule has 0 atom stereocenters. The lowest BCUT2D eigenvalue weighted by molar-refractivity contribution is 0.0979. The number of hydrogen-bond acceptors (Lipinski definition) is 6. The summed E-state index contributed by atoms with van der Waals surface area (Å²) in [7, 11) is 0. The molecular formula is C17H11N5O2. The maximum atomic E-state index is 12.6. The summed E-state index contributed by atoms with van der Waals surface area (Å²) in [5.41, 5.74) is 9.23. The zero-order chi connectivity index (χ0) is 17.3. The molecule has 3 rings (SSSR count). The average molecular weight is 317 g/mol. The number of ketones is 2. The largest absolute Gasteiger partial charge is 0.382 e. The van der Waals surface area contributed by atoms with Crippen LogP contribution in [0, 0.1) is 16.7 Å². The van der Waals surface area contributed by atoms with Crippen molar-refractivity contribution in [2.24, 2.45) is 10.8 Å². The fourth-order valence-corrected chi connectivity index (χ4v) is 2.43. The summed E-state index contributed by atoms with van der Waals surface area (Å²) in [5.74, 6) is -0.931. The lowest BCUT2D eigenvalue weighted by Crippen LogP contribution is -2.22. The van der Waals surface area contributed by atoms with Gasteiger partial charge in [0.25, 0.3) is 0 Å². The number of nitrogens with one attached hydrogen (secondary N) is 2. The summed E-state index contributed by atoms with van der Waals surface area (Å²) in [6, 6.07) is 12.9. The van der Waals surface area contributed by atoms with Gasteiger partial charge in [0, 0.05) is 22.3 Å². The van der Waals surface area contributed by atoms with Gasteiger partial charge in [0.05, 0.1) is 5.69 Å². The first-order valence-electron chi connectivity index (χ1n) is 6.93. The van der Waals surface area contributed by atoms with Crippen LogP contribution in [-0.2, 0) is 0 Å². The van der Waals surface area contributed by atoms with Gasteiger partial charge in [-0.2, -0.15) is 10.4 Å². The van der Waals surface area contributed by atoms with E-state index >= 15 is 0 Å². The fraction of sp³-hybridized carbons (Fsp3) is 0. The van der Waals surface area contributed by atoms with Crippen LogP contribution in [-0.4, -0.2) is 23.1 Å². The van der Waals surface area contributed by atoms with E-state index < -0.39 is 5.84 Å². The van der Waals surface area contributed by atoms with Crippen LogP contribution in [0.15, 0.2) is 47.6 Å². The second kappa shape index (κ2) is 5.78. The maximum Gasteiger partial charge on any atom is 0.201 e. The van der Waals surface area contributed by atoms with Crippen molar-refractivity contribution >= 4 is 28.8 Å². The van der Waals surface area contributed by atoms with Gasteiger partial charge < -0.3 is 5.73 Å². The molecule has 7 heteroatoms. The summed E-state index contributed by atoms with van der Waals surface area (Å²) in [6.45, 7) is 0. The SMILES string of the molecule is N#C/C(=N\Nc1ccc2c(c1)C(=O)c1ccccc1C2=O)C(=N)N. The van der Waals surface area contributed by atoms with Crippen molar-refractivity contribution in [3.05, 3.63) is 64.7 Å². The van der Waals surface area contributed by atoms with Crippen LogP contribution in [0.3, 0.4) is 0 Å². The third kappa shape index (κ3) is 2.42. The highest BCUT2D eigenvalue weighted by atomic mass is 16.1. The van der Waals surface area contributed by atoms with Gasteiger partial charge in [-0.3, -0.25) is 20.4 Å². The molecule has 4 N–H and O–H groups in total. The smallest absolute Gasteiger partial charge is 0.201 e. The standard InChI is InChI=1S/C17H11N5O2/c18-8-14(17(19)20)22-21-9-5-6-12-13(7-9)16(24)11-4-2-1-3-10(11)15(12)23/h1-7,21H,(H3,19,20)/b22-14+. The van der Waals surface area contributed by atoms with E-state index in [2.05, 4.69) is 10.5 Å². The number of benzene rings is 2. The van der Waals surface area contributed by atoms with Crippen molar-refractivity contribution in [3.63, 3.8) is 0 Å². The molecule has 0 radical (unpaired) electrons. The highest BCUT2D eigenvalue weighted by Crippen LogP contribution is 2.29. The Labute approximate surface area is 136 Å². The molecule has 7 nitrogen and oxygen atoms in total. The first kappa shape index (κ1) is 15.1. The Hall–Kier alpha value is -3.79. The van der Waals surface area contributed by atoms with Gasteiger partial charge in [0.1, 0.15) is 6.07 Å². The summed E-state index contributed by atoms with van der Waals surface area (Å²) in [4.78, 5) is 25.1. The minimum Gasteiger partial charge on any atom is -0.382 e. The van der Waals surface area contributed by atoms with E-state index in [0.29, 0.717) is 22.4 Å². The summed E-state index contributed by atoms with van der Waals surface area (Å²) >= 11 is 0. The Morgan fingerprint density at radius 2 is 1.62 bits per heavy atom. The number of carbonyl (C=O) groups excluding carboxylic acids is 2. The second-order valence-electron chi connectivity index (χ2n) is 5.06. The van der Waals surface area contributed by atoms with Crippen molar-refractivity contribution in [2.75, 3.05) is 5.43 Å². The number of nitrogens with two attached hydrogens (primary N) is 1. The van der Waals surface area contributed by atoms with E-state index in [0.717, 1.165) is 0 Å². The molecule has 0 bridgehead atoms. The molecule has 1 aliphatic rings. The highest BCUT2D eigenvalue weighted by molar-refractivity contribution is 6.45. The molecule has 0 aromatic heterocycles. The zero-order valence-electron chi connectivity index (χ0n) is 12.3. The van der Waals surface area contributed by atoms with Gasteiger partial charge in [-0.15, -0.1) is 0 Å². The van der Waals surface area contributed by atoms with Crippen LogP contribution >= 0.6 is 0 Å². The van der Waals surface area contributed by atoms with Crippen LogP contribution in [0.1, 0.15) is 31.8 Å². The minimum absolute atomic E-state index is 0.211.